The number of aromatic nitrogens is 2. The zero-order valence-electron chi connectivity index (χ0n) is 23.7. The topological polar surface area (TPSA) is 143 Å². The predicted octanol–water partition coefficient (Wildman–Crippen LogP) is 2.82. The SMILES string of the molecule is Cc1cn([C@@H]2OC3([C@H](C)CCC[C@@H]3OC(=O)C(C)(C)C)[C@H](OCc3ccccc3)[C@H]2OS(C)(=O)=O)c(=O)[nH]c1=O. The van der Waals surface area contributed by atoms with Crippen LogP contribution in [0, 0.1) is 18.3 Å². The van der Waals surface area contributed by atoms with E-state index in [1.807, 2.05) is 37.3 Å². The predicted molar refractivity (Wildman–Crippen MR) is 146 cm³/mol. The van der Waals surface area contributed by atoms with E-state index in [0.29, 0.717) is 12.8 Å². The highest BCUT2D eigenvalue weighted by Crippen LogP contribution is 2.52. The Kier molecular flexibility index (Phi) is 8.47. The Morgan fingerprint density at radius 2 is 1.85 bits per heavy atom. The first-order valence-corrected chi connectivity index (χ1v) is 15.2. The molecule has 0 amide bonds. The average molecular weight is 579 g/mol. The maximum atomic E-state index is 13.1. The maximum absolute atomic E-state index is 13.1. The third kappa shape index (κ3) is 6.09. The highest BCUT2D eigenvalue weighted by Gasteiger charge is 2.66. The molecule has 220 valence electrons. The van der Waals surface area contributed by atoms with E-state index in [9.17, 15) is 22.8 Å². The van der Waals surface area contributed by atoms with E-state index in [1.165, 1.54) is 13.1 Å². The molecule has 12 heteroatoms. The second-order valence-corrected chi connectivity index (χ2v) is 13.4. The molecule has 1 aromatic heterocycles. The van der Waals surface area contributed by atoms with Gasteiger partial charge in [0.25, 0.3) is 15.7 Å². The zero-order valence-corrected chi connectivity index (χ0v) is 24.5. The smallest absolute Gasteiger partial charge is 0.330 e. The van der Waals surface area contributed by atoms with Crippen LogP contribution in [-0.4, -0.2) is 54.1 Å². The molecule has 1 aromatic carbocycles. The average Bonchev–Trinajstić information content (AvgIpc) is 3.16. The largest absolute Gasteiger partial charge is 0.459 e. The van der Waals surface area contributed by atoms with E-state index in [0.717, 1.165) is 22.8 Å². The Morgan fingerprint density at radius 1 is 1.18 bits per heavy atom. The van der Waals surface area contributed by atoms with Gasteiger partial charge in [-0.15, -0.1) is 0 Å². The molecule has 11 nitrogen and oxygen atoms in total. The Labute approximate surface area is 233 Å². The number of nitrogens with zero attached hydrogens (tertiary/aromatic N) is 1. The maximum Gasteiger partial charge on any atom is 0.330 e. The number of esters is 1. The Balaban J connectivity index is 1.89. The first kappa shape index (κ1) is 30.2. The van der Waals surface area contributed by atoms with Gasteiger partial charge in [-0.25, -0.2) is 4.79 Å². The van der Waals surface area contributed by atoms with Crippen molar-refractivity contribution in [1.29, 1.82) is 0 Å². The number of hydrogen-bond donors (Lipinski definition) is 1. The van der Waals surface area contributed by atoms with E-state index >= 15 is 0 Å². The Morgan fingerprint density at radius 3 is 2.48 bits per heavy atom. The Hall–Kier alpha value is -2.80. The third-order valence-electron chi connectivity index (χ3n) is 7.57. The summed E-state index contributed by atoms with van der Waals surface area (Å²) in [6.45, 7) is 8.76. The first-order chi connectivity index (χ1) is 18.6. The van der Waals surface area contributed by atoms with Gasteiger partial charge in [-0.05, 0) is 58.4 Å². The van der Waals surface area contributed by atoms with Crippen LogP contribution in [0.4, 0.5) is 0 Å². The van der Waals surface area contributed by atoms with Gasteiger partial charge in [0.2, 0.25) is 0 Å². The highest BCUT2D eigenvalue weighted by molar-refractivity contribution is 7.86. The van der Waals surface area contributed by atoms with Crippen LogP contribution >= 0.6 is 0 Å². The number of carbonyl (C=O) groups excluding carboxylic acids is 1. The summed E-state index contributed by atoms with van der Waals surface area (Å²) in [5, 5.41) is 0. The van der Waals surface area contributed by atoms with Crippen molar-refractivity contribution >= 4 is 16.1 Å². The number of H-pyrrole nitrogens is 1. The van der Waals surface area contributed by atoms with Gasteiger partial charge in [0.1, 0.15) is 17.8 Å². The minimum Gasteiger partial charge on any atom is -0.459 e. The normalized spacial score (nSPS) is 29.0. The lowest BCUT2D eigenvalue weighted by atomic mass is 9.70. The fraction of sp³-hybridized carbons (Fsp3) is 0.607. The first-order valence-electron chi connectivity index (χ1n) is 13.4. The molecule has 1 N–H and O–H groups in total. The van der Waals surface area contributed by atoms with Gasteiger partial charge in [-0.1, -0.05) is 37.3 Å². The molecular formula is C28H38N2O9S. The molecule has 1 aliphatic heterocycles. The van der Waals surface area contributed by atoms with E-state index in [4.69, 9.17) is 18.4 Å². The molecule has 2 aromatic rings. The Bertz CT molecular complexity index is 1440. The van der Waals surface area contributed by atoms with Gasteiger partial charge in [0.15, 0.2) is 12.3 Å². The molecule has 1 saturated carbocycles. The van der Waals surface area contributed by atoms with Gasteiger partial charge in [0, 0.05) is 11.8 Å². The minimum absolute atomic E-state index is 0.0825. The fourth-order valence-corrected chi connectivity index (χ4v) is 6.12. The third-order valence-corrected chi connectivity index (χ3v) is 8.14. The van der Waals surface area contributed by atoms with Crippen LogP contribution < -0.4 is 11.2 Å². The number of aromatic amines is 1. The van der Waals surface area contributed by atoms with Crippen molar-refractivity contribution < 1.29 is 31.6 Å². The van der Waals surface area contributed by atoms with Gasteiger partial charge in [-0.3, -0.25) is 23.3 Å². The molecule has 6 atom stereocenters. The molecule has 1 unspecified atom stereocenters. The number of ether oxygens (including phenoxy) is 3. The van der Waals surface area contributed by atoms with Gasteiger partial charge in [-0.2, -0.15) is 8.42 Å². The molecular weight excluding hydrogens is 540 g/mol. The second-order valence-electron chi connectivity index (χ2n) is 11.8. The molecule has 0 radical (unpaired) electrons. The summed E-state index contributed by atoms with van der Waals surface area (Å²) in [5.41, 5.74) is -2.50. The summed E-state index contributed by atoms with van der Waals surface area (Å²) in [7, 11) is -4.09. The number of benzene rings is 1. The van der Waals surface area contributed by atoms with Gasteiger partial charge >= 0.3 is 11.7 Å². The molecule has 1 aliphatic carbocycles. The van der Waals surface area contributed by atoms with Crippen LogP contribution in [0.3, 0.4) is 0 Å². The van der Waals surface area contributed by atoms with Crippen molar-refractivity contribution in [3.05, 3.63) is 68.5 Å². The van der Waals surface area contributed by atoms with E-state index < -0.39 is 62.9 Å². The monoisotopic (exact) mass is 578 g/mol. The van der Waals surface area contributed by atoms with Crippen LogP contribution in [0.25, 0.3) is 0 Å². The van der Waals surface area contributed by atoms with Crippen molar-refractivity contribution in [1.82, 2.24) is 9.55 Å². The van der Waals surface area contributed by atoms with E-state index in [2.05, 4.69) is 4.98 Å². The number of nitrogens with one attached hydrogen (secondary N) is 1. The summed E-state index contributed by atoms with van der Waals surface area (Å²) in [6, 6.07) is 9.30. The molecule has 40 heavy (non-hydrogen) atoms. The van der Waals surface area contributed by atoms with Gasteiger partial charge in [0.05, 0.1) is 18.3 Å². The fourth-order valence-electron chi connectivity index (χ4n) is 5.52. The van der Waals surface area contributed by atoms with E-state index in [1.54, 1.807) is 20.8 Å². The standard InChI is InChI=1S/C28H38N2O9S/c1-17-15-30(26(33)29-23(17)31)24-21(39-40(6,34)35)22(36-16-19-12-8-7-9-13-19)28(38-24)18(2)11-10-14-20(28)37-25(32)27(3,4)5/h7-9,12-13,15,18,20-22,24H,10-11,14,16H2,1-6H3,(H,29,31,33)/t18-,20+,21-,22-,24-,28?/m1/s1. The van der Waals surface area contributed by atoms with Crippen molar-refractivity contribution in [2.75, 3.05) is 6.26 Å². The van der Waals surface area contributed by atoms with Crippen molar-refractivity contribution in [2.24, 2.45) is 11.3 Å². The molecule has 2 aliphatic rings. The quantitative estimate of drug-likeness (QED) is 0.387. The molecule has 0 bridgehead atoms. The minimum atomic E-state index is -4.09. The molecule has 1 saturated heterocycles. The molecule has 2 fully saturated rings. The summed E-state index contributed by atoms with van der Waals surface area (Å²) in [6.07, 6.45) is -0.471. The summed E-state index contributed by atoms with van der Waals surface area (Å²) in [5.74, 6) is -0.729. The lowest BCUT2D eigenvalue weighted by Crippen LogP contribution is -2.61. The number of carbonyl (C=O) groups is 1. The molecule has 4 rings (SSSR count). The van der Waals surface area contributed by atoms with Crippen LogP contribution in [0.2, 0.25) is 0 Å². The number of aryl methyl sites for hydroxylation is 1. The van der Waals surface area contributed by atoms with Crippen molar-refractivity contribution in [2.45, 2.75) is 90.6 Å². The lowest BCUT2D eigenvalue weighted by molar-refractivity contribution is -0.230. The zero-order chi connectivity index (χ0) is 29.5. The van der Waals surface area contributed by atoms with Crippen LogP contribution in [0.5, 0.6) is 0 Å². The lowest BCUT2D eigenvalue weighted by Gasteiger charge is -2.48. The van der Waals surface area contributed by atoms with Crippen LogP contribution in [-0.2, 0) is 39.9 Å². The highest BCUT2D eigenvalue weighted by atomic mass is 32.2. The van der Waals surface area contributed by atoms with Gasteiger partial charge < -0.3 is 14.2 Å². The van der Waals surface area contributed by atoms with Crippen molar-refractivity contribution in [3.8, 4) is 0 Å². The van der Waals surface area contributed by atoms with E-state index in [-0.39, 0.29) is 18.1 Å². The summed E-state index contributed by atoms with van der Waals surface area (Å²) < 4.78 is 51.1. The molecule has 1 spiro atoms. The number of rotatable bonds is 7. The molecule has 2 heterocycles. The summed E-state index contributed by atoms with van der Waals surface area (Å²) in [4.78, 5) is 40.5. The second kappa shape index (κ2) is 11.2. The van der Waals surface area contributed by atoms with Crippen molar-refractivity contribution in [3.63, 3.8) is 0 Å². The number of hydrogen-bond acceptors (Lipinski definition) is 9. The summed E-state index contributed by atoms with van der Waals surface area (Å²) >= 11 is 0. The van der Waals surface area contributed by atoms with Crippen LogP contribution in [0.15, 0.2) is 46.1 Å². The van der Waals surface area contributed by atoms with Crippen LogP contribution in [0.1, 0.15) is 64.3 Å².